The molecule has 0 rings (SSSR count). The van der Waals surface area contributed by atoms with Crippen molar-refractivity contribution < 1.29 is 9.53 Å². The maximum Gasteiger partial charge on any atom is 0.305 e. The van der Waals surface area contributed by atoms with E-state index in [1.807, 2.05) is 6.92 Å². The number of hydrogen-bond acceptors (Lipinski definition) is 2. The highest BCUT2D eigenvalue weighted by atomic mass is 16.5. The summed E-state index contributed by atoms with van der Waals surface area (Å²) < 4.78 is 4.89. The van der Waals surface area contributed by atoms with E-state index >= 15 is 0 Å². The van der Waals surface area contributed by atoms with Crippen LogP contribution in [0.3, 0.4) is 0 Å². The minimum Gasteiger partial charge on any atom is -0.466 e. The first-order valence-corrected chi connectivity index (χ1v) is 8.91. The molecule has 22 heavy (non-hydrogen) atoms. The van der Waals surface area contributed by atoms with Crippen LogP contribution >= 0.6 is 0 Å². The predicted molar refractivity (Wildman–Crippen MR) is 95.9 cm³/mol. The third-order valence-corrected chi connectivity index (χ3v) is 3.33. The summed E-state index contributed by atoms with van der Waals surface area (Å²) >= 11 is 0. The normalized spacial score (nSPS) is 11.9. The molecular formula is C20H34O2. The summed E-state index contributed by atoms with van der Waals surface area (Å²) in [5, 5.41) is 0. The van der Waals surface area contributed by atoms with Crippen LogP contribution in [0.1, 0.15) is 78.1 Å². The van der Waals surface area contributed by atoms with Gasteiger partial charge in [-0.25, -0.2) is 0 Å². The molecule has 0 aromatic rings. The molecule has 0 atom stereocenters. The molecule has 0 aliphatic carbocycles. The van der Waals surface area contributed by atoms with Gasteiger partial charge in [0, 0.05) is 6.42 Å². The maximum absolute atomic E-state index is 11.1. The van der Waals surface area contributed by atoms with E-state index in [1.54, 1.807) is 0 Å². The van der Waals surface area contributed by atoms with Crippen LogP contribution in [0.5, 0.6) is 0 Å². The van der Waals surface area contributed by atoms with Crippen LogP contribution in [-0.4, -0.2) is 12.6 Å². The van der Waals surface area contributed by atoms with Crippen molar-refractivity contribution in [3.8, 4) is 0 Å². The first-order chi connectivity index (χ1) is 10.8. The summed E-state index contributed by atoms with van der Waals surface area (Å²) in [5.41, 5.74) is 0. The molecule has 0 bridgehead atoms. The lowest BCUT2D eigenvalue weighted by Crippen LogP contribution is -2.02. The minimum absolute atomic E-state index is 0.0721. The Morgan fingerprint density at radius 3 is 1.86 bits per heavy atom. The number of ether oxygens (including phenoxy) is 1. The monoisotopic (exact) mass is 306 g/mol. The SMILES string of the molecule is CCCCCC=CCC=CCC=CCCCCC(=O)OCC. The second-order valence-electron chi connectivity index (χ2n) is 5.43. The fourth-order valence-corrected chi connectivity index (χ4v) is 2.05. The van der Waals surface area contributed by atoms with Crippen LogP contribution in [0.4, 0.5) is 0 Å². The molecule has 0 N–H and O–H groups in total. The van der Waals surface area contributed by atoms with Gasteiger partial charge in [0.1, 0.15) is 0 Å². The Hall–Kier alpha value is -1.31. The zero-order valence-electron chi connectivity index (χ0n) is 14.6. The second-order valence-corrected chi connectivity index (χ2v) is 5.43. The molecule has 0 aromatic heterocycles. The molecule has 2 heteroatoms. The minimum atomic E-state index is -0.0721. The molecule has 0 spiro atoms. The lowest BCUT2D eigenvalue weighted by atomic mass is 10.1. The van der Waals surface area contributed by atoms with Gasteiger partial charge in [-0.1, -0.05) is 56.2 Å². The highest BCUT2D eigenvalue weighted by Gasteiger charge is 1.99. The van der Waals surface area contributed by atoms with E-state index in [0.29, 0.717) is 13.0 Å². The van der Waals surface area contributed by atoms with E-state index in [1.165, 1.54) is 25.7 Å². The molecule has 2 nitrogen and oxygen atoms in total. The number of carbonyl (C=O) groups is 1. The Morgan fingerprint density at radius 1 is 0.773 bits per heavy atom. The van der Waals surface area contributed by atoms with Crippen LogP contribution in [0, 0.1) is 0 Å². The van der Waals surface area contributed by atoms with Crippen molar-refractivity contribution in [2.75, 3.05) is 6.61 Å². The molecule has 0 heterocycles. The summed E-state index contributed by atoms with van der Waals surface area (Å²) in [4.78, 5) is 11.1. The predicted octanol–water partition coefficient (Wildman–Crippen LogP) is 6.14. The van der Waals surface area contributed by atoms with Gasteiger partial charge in [0.05, 0.1) is 6.61 Å². The molecule has 0 aliphatic rings. The number of esters is 1. The van der Waals surface area contributed by atoms with Crippen molar-refractivity contribution in [2.24, 2.45) is 0 Å². The summed E-state index contributed by atoms with van der Waals surface area (Å²) in [7, 11) is 0. The summed E-state index contributed by atoms with van der Waals surface area (Å²) in [5.74, 6) is -0.0721. The highest BCUT2D eigenvalue weighted by Crippen LogP contribution is 2.03. The number of allylic oxidation sites excluding steroid dienone is 6. The summed E-state index contributed by atoms with van der Waals surface area (Å²) in [6.07, 6.45) is 24.2. The first kappa shape index (κ1) is 20.7. The molecular weight excluding hydrogens is 272 g/mol. The lowest BCUT2D eigenvalue weighted by Gasteiger charge is -1.99. The molecule has 0 amide bonds. The van der Waals surface area contributed by atoms with Crippen LogP contribution in [0.25, 0.3) is 0 Å². The third kappa shape index (κ3) is 16.7. The number of rotatable bonds is 14. The van der Waals surface area contributed by atoms with Crippen molar-refractivity contribution in [3.63, 3.8) is 0 Å². The van der Waals surface area contributed by atoms with Gasteiger partial charge < -0.3 is 4.74 Å². The number of hydrogen-bond donors (Lipinski definition) is 0. The fraction of sp³-hybridized carbons (Fsp3) is 0.650. The van der Waals surface area contributed by atoms with E-state index in [2.05, 4.69) is 43.4 Å². The van der Waals surface area contributed by atoms with E-state index in [-0.39, 0.29) is 5.97 Å². The van der Waals surface area contributed by atoms with E-state index < -0.39 is 0 Å². The zero-order chi connectivity index (χ0) is 16.3. The topological polar surface area (TPSA) is 26.3 Å². The van der Waals surface area contributed by atoms with Gasteiger partial charge in [0.15, 0.2) is 0 Å². The van der Waals surface area contributed by atoms with Crippen molar-refractivity contribution in [3.05, 3.63) is 36.5 Å². The number of unbranched alkanes of at least 4 members (excludes halogenated alkanes) is 5. The van der Waals surface area contributed by atoms with Crippen molar-refractivity contribution in [1.82, 2.24) is 0 Å². The van der Waals surface area contributed by atoms with Gasteiger partial charge in [0.25, 0.3) is 0 Å². The summed E-state index contributed by atoms with van der Waals surface area (Å²) in [6, 6.07) is 0. The number of carbonyl (C=O) groups excluding carboxylic acids is 1. The van der Waals surface area contributed by atoms with Gasteiger partial charge in [-0.05, 0) is 51.9 Å². The first-order valence-electron chi connectivity index (χ1n) is 8.91. The Morgan fingerprint density at radius 2 is 1.32 bits per heavy atom. The quantitative estimate of drug-likeness (QED) is 0.219. The highest BCUT2D eigenvalue weighted by molar-refractivity contribution is 5.69. The molecule has 0 unspecified atom stereocenters. The van der Waals surface area contributed by atoms with Crippen LogP contribution < -0.4 is 0 Å². The van der Waals surface area contributed by atoms with Crippen molar-refractivity contribution in [1.29, 1.82) is 0 Å². The largest absolute Gasteiger partial charge is 0.466 e. The van der Waals surface area contributed by atoms with Crippen LogP contribution in [-0.2, 0) is 9.53 Å². The Labute approximate surface area is 137 Å². The lowest BCUT2D eigenvalue weighted by molar-refractivity contribution is -0.143. The second kappa shape index (κ2) is 17.7. The van der Waals surface area contributed by atoms with E-state index in [4.69, 9.17) is 4.74 Å². The third-order valence-electron chi connectivity index (χ3n) is 3.33. The van der Waals surface area contributed by atoms with Gasteiger partial charge in [-0.15, -0.1) is 0 Å². The van der Waals surface area contributed by atoms with Gasteiger partial charge in [-0.2, -0.15) is 0 Å². The molecule has 0 saturated heterocycles. The Kier molecular flexibility index (Phi) is 16.7. The molecule has 126 valence electrons. The van der Waals surface area contributed by atoms with Gasteiger partial charge >= 0.3 is 5.97 Å². The fourth-order valence-electron chi connectivity index (χ4n) is 2.05. The van der Waals surface area contributed by atoms with E-state index in [9.17, 15) is 4.79 Å². The van der Waals surface area contributed by atoms with Crippen LogP contribution in [0.2, 0.25) is 0 Å². The van der Waals surface area contributed by atoms with Crippen molar-refractivity contribution in [2.45, 2.75) is 78.1 Å². The Balaban J connectivity index is 3.35. The molecule has 0 aromatic carbocycles. The Bertz CT molecular complexity index is 327. The molecule has 0 aliphatic heterocycles. The molecule has 0 saturated carbocycles. The molecule has 0 fully saturated rings. The molecule has 0 radical (unpaired) electrons. The van der Waals surface area contributed by atoms with E-state index in [0.717, 1.165) is 32.1 Å². The zero-order valence-corrected chi connectivity index (χ0v) is 14.6. The van der Waals surface area contributed by atoms with Crippen LogP contribution in [0.15, 0.2) is 36.5 Å². The van der Waals surface area contributed by atoms with Gasteiger partial charge in [-0.3, -0.25) is 4.79 Å². The smallest absolute Gasteiger partial charge is 0.305 e. The average molecular weight is 306 g/mol. The summed E-state index contributed by atoms with van der Waals surface area (Å²) in [6.45, 7) is 4.57. The maximum atomic E-state index is 11.1. The van der Waals surface area contributed by atoms with Crippen molar-refractivity contribution >= 4 is 5.97 Å². The van der Waals surface area contributed by atoms with Gasteiger partial charge in [0.2, 0.25) is 0 Å². The standard InChI is InChI=1S/C20H34O2/c1-3-5-6-7-8-9-10-11-12-13-14-15-16-17-18-19-20(21)22-4-2/h8-9,11-12,14-15H,3-7,10,13,16-19H2,1-2H3. The average Bonchev–Trinajstić information content (AvgIpc) is 2.51.